The number of aromatic nitrogens is 4. The first-order valence-corrected chi connectivity index (χ1v) is 10.5. The van der Waals surface area contributed by atoms with Crippen LogP contribution in [0.5, 0.6) is 0 Å². The zero-order valence-corrected chi connectivity index (χ0v) is 17.6. The van der Waals surface area contributed by atoms with Crippen LogP contribution in [0.3, 0.4) is 0 Å². The largest absolute Gasteiger partial charge is 0.334 e. The topological polar surface area (TPSA) is 132 Å². The lowest BCUT2D eigenvalue weighted by molar-refractivity contribution is -0.123. The fourth-order valence-electron chi connectivity index (χ4n) is 4.39. The Kier molecular flexibility index (Phi) is 4.00. The second-order valence-electron chi connectivity index (χ2n) is 8.36. The number of imide groups is 1. The lowest BCUT2D eigenvalue weighted by Crippen LogP contribution is -2.40. The zero-order chi connectivity index (χ0) is 22.7. The van der Waals surface area contributed by atoms with E-state index in [0.717, 1.165) is 18.7 Å². The lowest BCUT2D eigenvalue weighted by atomic mass is 9.91. The number of hydrogen-bond donors (Lipinski definition) is 2. The summed E-state index contributed by atoms with van der Waals surface area (Å²) >= 11 is 0. The Labute approximate surface area is 186 Å². The molecule has 1 atom stereocenters. The molecule has 2 aromatic heterocycles. The van der Waals surface area contributed by atoms with Gasteiger partial charge >= 0.3 is 6.03 Å². The van der Waals surface area contributed by atoms with Crippen molar-refractivity contribution in [2.24, 2.45) is 0 Å². The number of hydrogen-bond acceptors (Lipinski definition) is 7. The third kappa shape index (κ3) is 2.94. The van der Waals surface area contributed by atoms with Crippen molar-refractivity contribution in [2.75, 3.05) is 0 Å². The van der Waals surface area contributed by atoms with Crippen LogP contribution in [-0.2, 0) is 23.3 Å². The number of benzene rings is 2. The maximum atomic E-state index is 12.7. The van der Waals surface area contributed by atoms with Gasteiger partial charge in [-0.3, -0.25) is 19.5 Å². The predicted octanol–water partition coefficient (Wildman–Crippen LogP) is 2.11. The van der Waals surface area contributed by atoms with Crippen molar-refractivity contribution in [1.29, 1.82) is 0 Å². The van der Waals surface area contributed by atoms with Crippen LogP contribution in [0.2, 0.25) is 0 Å². The van der Waals surface area contributed by atoms with Crippen molar-refractivity contribution in [3.8, 4) is 22.8 Å². The third-order valence-corrected chi connectivity index (χ3v) is 6.23. The van der Waals surface area contributed by atoms with Gasteiger partial charge in [-0.15, -0.1) is 0 Å². The van der Waals surface area contributed by atoms with E-state index in [-0.39, 0.29) is 11.4 Å². The van der Waals surface area contributed by atoms with Crippen molar-refractivity contribution < 1.29 is 14.1 Å². The molecule has 10 nitrogen and oxygen atoms in total. The molecule has 1 saturated heterocycles. The summed E-state index contributed by atoms with van der Waals surface area (Å²) in [5.74, 6) is 0.994. The van der Waals surface area contributed by atoms with Crippen molar-refractivity contribution in [3.05, 3.63) is 64.2 Å². The molecule has 0 saturated carbocycles. The van der Waals surface area contributed by atoms with E-state index in [2.05, 4.69) is 25.8 Å². The van der Waals surface area contributed by atoms with Crippen LogP contribution >= 0.6 is 0 Å². The number of nitrogens with one attached hydrogen (secondary N) is 2. The summed E-state index contributed by atoms with van der Waals surface area (Å²) in [6.45, 7) is 2.34. The highest BCUT2D eigenvalue weighted by Crippen LogP contribution is 2.29. The van der Waals surface area contributed by atoms with Gasteiger partial charge in [0.1, 0.15) is 11.4 Å². The molecule has 2 aromatic carbocycles. The number of fused-ring (bicyclic) bond motifs is 2. The Balaban J connectivity index is 1.37. The molecule has 2 aliphatic rings. The summed E-state index contributed by atoms with van der Waals surface area (Å²) in [6, 6.07) is 11.8. The number of carbonyl (C=O) groups excluding carboxylic acids is 2. The Morgan fingerprint density at radius 1 is 1.06 bits per heavy atom. The van der Waals surface area contributed by atoms with Crippen LogP contribution in [0, 0.1) is 0 Å². The van der Waals surface area contributed by atoms with E-state index >= 15 is 0 Å². The molecule has 2 aliphatic heterocycles. The number of carbonyl (C=O) groups is 2. The van der Waals surface area contributed by atoms with Gasteiger partial charge in [0.15, 0.2) is 0 Å². The van der Waals surface area contributed by atoms with Gasteiger partial charge < -0.3 is 9.84 Å². The number of aryl methyl sites for hydroxylation is 1. The minimum atomic E-state index is -1.18. The van der Waals surface area contributed by atoms with Crippen molar-refractivity contribution in [3.63, 3.8) is 0 Å². The van der Waals surface area contributed by atoms with E-state index in [9.17, 15) is 14.4 Å². The normalized spacial score (nSPS) is 19.5. The number of urea groups is 1. The third-order valence-electron chi connectivity index (χ3n) is 6.23. The molecule has 1 fully saturated rings. The molecule has 3 amide bonds. The Hall–Kier alpha value is -4.34. The molecule has 6 rings (SSSR count). The van der Waals surface area contributed by atoms with Crippen molar-refractivity contribution in [1.82, 2.24) is 30.3 Å². The highest BCUT2D eigenvalue weighted by atomic mass is 16.5. The molecule has 164 valence electrons. The summed E-state index contributed by atoms with van der Waals surface area (Å²) in [6.07, 6.45) is 1.70. The van der Waals surface area contributed by atoms with Crippen LogP contribution in [0.15, 0.2) is 51.8 Å². The molecule has 0 radical (unpaired) electrons. The van der Waals surface area contributed by atoms with Crippen LogP contribution in [0.4, 0.5) is 4.79 Å². The highest BCUT2D eigenvalue weighted by Gasteiger charge is 2.43. The van der Waals surface area contributed by atoms with Gasteiger partial charge in [-0.05, 0) is 43.2 Å². The Bertz CT molecular complexity index is 1540. The van der Waals surface area contributed by atoms with Gasteiger partial charge in [0, 0.05) is 24.1 Å². The molecular weight excluding hydrogens is 424 g/mol. The van der Waals surface area contributed by atoms with Crippen molar-refractivity contribution in [2.45, 2.75) is 31.8 Å². The summed E-state index contributed by atoms with van der Waals surface area (Å²) in [4.78, 5) is 45.7. The Morgan fingerprint density at radius 2 is 1.94 bits per heavy atom. The molecule has 0 bridgehead atoms. The fraction of sp³-hybridized carbons (Fsp3) is 0.217. The van der Waals surface area contributed by atoms with Gasteiger partial charge in [-0.25, -0.2) is 9.78 Å². The van der Waals surface area contributed by atoms with Gasteiger partial charge in [0.25, 0.3) is 17.4 Å². The maximum absolute atomic E-state index is 12.7. The van der Waals surface area contributed by atoms with Gasteiger partial charge in [-0.1, -0.05) is 23.4 Å². The number of rotatable bonds is 3. The minimum absolute atomic E-state index is 0.0291. The van der Waals surface area contributed by atoms with Crippen LogP contribution in [0.25, 0.3) is 33.7 Å². The first kappa shape index (κ1) is 19.4. The molecule has 0 spiro atoms. The lowest BCUT2D eigenvalue weighted by Gasteiger charge is -2.21. The molecule has 10 heteroatoms. The van der Waals surface area contributed by atoms with E-state index in [4.69, 9.17) is 4.52 Å². The average molecular weight is 442 g/mol. The number of amides is 3. The molecule has 0 aliphatic carbocycles. The zero-order valence-electron chi connectivity index (χ0n) is 17.6. The van der Waals surface area contributed by atoms with Crippen LogP contribution < -0.4 is 16.2 Å². The smallest absolute Gasteiger partial charge is 0.322 e. The van der Waals surface area contributed by atoms with E-state index in [1.54, 1.807) is 54.0 Å². The van der Waals surface area contributed by atoms with E-state index in [1.165, 1.54) is 0 Å². The Morgan fingerprint density at radius 3 is 2.76 bits per heavy atom. The minimum Gasteiger partial charge on any atom is -0.334 e. The summed E-state index contributed by atoms with van der Waals surface area (Å²) in [7, 11) is 0. The predicted molar refractivity (Wildman–Crippen MR) is 117 cm³/mol. The first-order valence-electron chi connectivity index (χ1n) is 10.5. The standard InChI is InChI=1S/C23H18N6O4/c1-23(21(31)26-22(32)27-23)14-5-2-4-12(10-14)18-25-19(33-28-18)13-7-8-15-16(11-13)24-17-6-3-9-29(17)20(15)30/h2,4-5,7-8,10-11H,3,6,9H2,1H3,(H2,26,27,31,32). The van der Waals surface area contributed by atoms with Crippen molar-refractivity contribution >= 4 is 22.8 Å². The van der Waals surface area contributed by atoms with E-state index < -0.39 is 17.5 Å². The fourth-order valence-corrected chi connectivity index (χ4v) is 4.39. The van der Waals surface area contributed by atoms with Gasteiger partial charge in [0.2, 0.25) is 5.82 Å². The maximum Gasteiger partial charge on any atom is 0.322 e. The molecule has 33 heavy (non-hydrogen) atoms. The molecule has 1 unspecified atom stereocenters. The van der Waals surface area contributed by atoms with E-state index in [0.29, 0.717) is 40.0 Å². The quantitative estimate of drug-likeness (QED) is 0.465. The SMILES string of the molecule is CC1(c2cccc(-c3noc(-c4ccc5c(=O)n6c(nc5c4)CCC6)n3)c2)NC(=O)NC1=O. The van der Waals surface area contributed by atoms with Crippen LogP contribution in [-0.4, -0.2) is 31.6 Å². The van der Waals surface area contributed by atoms with E-state index in [1.807, 2.05) is 0 Å². The second kappa shape index (κ2) is 6.83. The molecular formula is C23H18N6O4. The summed E-state index contributed by atoms with van der Waals surface area (Å²) in [5, 5.41) is 9.54. The summed E-state index contributed by atoms with van der Waals surface area (Å²) in [5.41, 5.74) is 1.27. The summed E-state index contributed by atoms with van der Waals surface area (Å²) < 4.78 is 7.21. The first-order chi connectivity index (χ1) is 15.9. The molecule has 2 N–H and O–H groups in total. The number of nitrogens with zero attached hydrogens (tertiary/aromatic N) is 4. The second-order valence-corrected chi connectivity index (χ2v) is 8.36. The highest BCUT2D eigenvalue weighted by molar-refractivity contribution is 6.07. The molecule has 4 heterocycles. The molecule has 4 aromatic rings. The van der Waals surface area contributed by atoms with Gasteiger partial charge in [0.05, 0.1) is 10.9 Å². The van der Waals surface area contributed by atoms with Gasteiger partial charge in [-0.2, -0.15) is 4.98 Å². The van der Waals surface area contributed by atoms with Crippen LogP contribution in [0.1, 0.15) is 24.7 Å². The average Bonchev–Trinajstić information content (AvgIpc) is 3.54. The monoisotopic (exact) mass is 442 g/mol.